The van der Waals surface area contributed by atoms with Crippen LogP contribution in [-0.4, -0.2) is 23.9 Å². The maximum atomic E-state index is 12.6. The van der Waals surface area contributed by atoms with Crippen LogP contribution in [0.3, 0.4) is 0 Å². The van der Waals surface area contributed by atoms with Crippen LogP contribution in [0, 0.1) is 0 Å². The number of hydrogen-bond acceptors (Lipinski definition) is 5. The molecule has 0 N–H and O–H groups in total. The highest BCUT2D eigenvalue weighted by molar-refractivity contribution is 6.41. The summed E-state index contributed by atoms with van der Waals surface area (Å²) in [6.45, 7) is 13.4. The van der Waals surface area contributed by atoms with Crippen LogP contribution in [-0.2, 0) is 14.4 Å². The largest absolute Gasteiger partial charge is 0.491 e. The molecular weight excluding hydrogens is 533 g/mol. The third kappa shape index (κ3) is 9.73. The van der Waals surface area contributed by atoms with E-state index in [1.807, 2.05) is 39.8 Å². The molecule has 2 aromatic carbocycles. The van der Waals surface area contributed by atoms with Crippen molar-refractivity contribution < 1.29 is 37.0 Å². The molecule has 0 saturated carbocycles. The Balaban J connectivity index is 1.92. The van der Waals surface area contributed by atoms with Gasteiger partial charge in [-0.1, -0.05) is 50.1 Å². The van der Waals surface area contributed by atoms with Gasteiger partial charge in [-0.2, -0.15) is 13.2 Å². The van der Waals surface area contributed by atoms with Crippen molar-refractivity contribution in [3.63, 3.8) is 0 Å². The van der Waals surface area contributed by atoms with Gasteiger partial charge in [0.25, 0.3) is 5.78 Å². The number of ketones is 1. The van der Waals surface area contributed by atoms with Gasteiger partial charge in [-0.3, -0.25) is 4.79 Å². The van der Waals surface area contributed by atoms with E-state index in [0.717, 1.165) is 53.5 Å². The number of allylic oxidation sites excluding steroid dienone is 3. The van der Waals surface area contributed by atoms with Crippen LogP contribution in [0.2, 0.25) is 0 Å². The van der Waals surface area contributed by atoms with Gasteiger partial charge in [0.15, 0.2) is 0 Å². The number of alkyl halides is 3. The number of carbonyl (C=O) groups excluding carboxylic acids is 3. The molecule has 8 heteroatoms. The van der Waals surface area contributed by atoms with E-state index in [4.69, 9.17) is 4.74 Å². The highest BCUT2D eigenvalue weighted by Gasteiger charge is 2.41. The van der Waals surface area contributed by atoms with Crippen molar-refractivity contribution in [1.82, 2.24) is 0 Å². The van der Waals surface area contributed by atoms with Gasteiger partial charge in [0.2, 0.25) is 0 Å². The van der Waals surface area contributed by atoms with E-state index >= 15 is 0 Å². The Morgan fingerprint density at radius 2 is 1.24 bits per heavy atom. The summed E-state index contributed by atoms with van der Waals surface area (Å²) in [7, 11) is 0. The molecule has 0 aliphatic heterocycles. The Kier molecular flexibility index (Phi) is 12.1. The molecule has 2 unspecified atom stereocenters. The first-order chi connectivity index (χ1) is 19.1. The van der Waals surface area contributed by atoms with Crippen LogP contribution in [0.15, 0.2) is 70.8 Å². The highest BCUT2D eigenvalue weighted by Crippen LogP contribution is 2.31. The SMILES string of the molecule is CCC(CCCC(C)c1ccc(OC(=O)C(=O)/C(C)=C(\C)C(C)=C(C)C)cc1)c1ccc(OC(=O)C(F)(F)F)cc1. The van der Waals surface area contributed by atoms with Crippen LogP contribution in [0.5, 0.6) is 11.5 Å². The maximum Gasteiger partial charge on any atom is 0.491 e. The van der Waals surface area contributed by atoms with E-state index in [1.165, 1.54) is 12.1 Å². The summed E-state index contributed by atoms with van der Waals surface area (Å²) in [5.74, 6) is -3.20. The molecule has 0 aliphatic carbocycles. The van der Waals surface area contributed by atoms with E-state index in [-0.39, 0.29) is 17.6 Å². The third-order valence-electron chi connectivity index (χ3n) is 7.54. The monoisotopic (exact) mass is 572 g/mol. The first-order valence-electron chi connectivity index (χ1n) is 13.7. The predicted octanol–water partition coefficient (Wildman–Crippen LogP) is 8.79. The summed E-state index contributed by atoms with van der Waals surface area (Å²) < 4.78 is 46.9. The zero-order valence-corrected chi connectivity index (χ0v) is 24.8. The third-order valence-corrected chi connectivity index (χ3v) is 7.54. The number of hydrogen-bond donors (Lipinski definition) is 0. The zero-order valence-electron chi connectivity index (χ0n) is 24.8. The maximum absolute atomic E-state index is 12.6. The van der Waals surface area contributed by atoms with Gasteiger partial charge in [-0.25, -0.2) is 9.59 Å². The Hall–Kier alpha value is -3.68. The number of halogens is 3. The summed E-state index contributed by atoms with van der Waals surface area (Å²) in [6, 6.07) is 13.3. The Bertz CT molecular complexity index is 1280. The molecule has 0 radical (unpaired) electrons. The van der Waals surface area contributed by atoms with Gasteiger partial charge < -0.3 is 9.47 Å². The molecule has 41 heavy (non-hydrogen) atoms. The summed E-state index contributed by atoms with van der Waals surface area (Å²) in [6.07, 6.45) is -1.46. The topological polar surface area (TPSA) is 69.7 Å². The van der Waals surface area contributed by atoms with Gasteiger partial charge in [0.1, 0.15) is 11.5 Å². The lowest BCUT2D eigenvalue weighted by Crippen LogP contribution is -2.27. The van der Waals surface area contributed by atoms with Crippen molar-refractivity contribution in [3.05, 3.63) is 82.0 Å². The second-order valence-electron chi connectivity index (χ2n) is 10.6. The lowest BCUT2D eigenvalue weighted by molar-refractivity contribution is -0.189. The Morgan fingerprint density at radius 1 is 0.732 bits per heavy atom. The van der Waals surface area contributed by atoms with Crippen molar-refractivity contribution in [1.29, 1.82) is 0 Å². The number of Topliss-reactive ketones (excluding diaryl/α,β-unsaturated/α-hetero) is 1. The standard InChI is InChI=1S/C33H39F3O5/c1-8-25(27-14-18-29(19-15-27)41-32(39)33(34,35)36)11-9-10-21(4)26-12-16-28(17-13-26)40-31(38)30(37)24(7)23(6)22(5)20(2)3/h12-19,21,25H,8-11H2,1-7H3/b24-23+. The highest BCUT2D eigenvalue weighted by atomic mass is 19.4. The first kappa shape index (κ1) is 33.5. The predicted molar refractivity (Wildman–Crippen MR) is 153 cm³/mol. The van der Waals surface area contributed by atoms with Crippen LogP contribution < -0.4 is 9.47 Å². The minimum absolute atomic E-state index is 0.140. The van der Waals surface area contributed by atoms with Gasteiger partial charge >= 0.3 is 18.1 Å². The van der Waals surface area contributed by atoms with Crippen LogP contribution in [0.1, 0.15) is 97.1 Å². The van der Waals surface area contributed by atoms with Crippen molar-refractivity contribution in [2.45, 2.75) is 92.2 Å². The van der Waals surface area contributed by atoms with E-state index in [1.54, 1.807) is 31.2 Å². The van der Waals surface area contributed by atoms with Gasteiger partial charge in [0, 0.05) is 5.57 Å². The van der Waals surface area contributed by atoms with Crippen LogP contribution in [0.25, 0.3) is 0 Å². The number of rotatable bonds is 12. The van der Waals surface area contributed by atoms with E-state index in [9.17, 15) is 27.6 Å². The first-order valence-corrected chi connectivity index (χ1v) is 13.7. The molecule has 0 heterocycles. The average molecular weight is 573 g/mol. The molecule has 0 saturated heterocycles. The fourth-order valence-electron chi connectivity index (χ4n) is 4.41. The average Bonchev–Trinajstić information content (AvgIpc) is 2.93. The number of carbonyl (C=O) groups is 3. The lowest BCUT2D eigenvalue weighted by Gasteiger charge is -2.18. The molecule has 2 atom stereocenters. The molecular formula is C33H39F3O5. The number of ether oxygens (including phenoxy) is 2. The molecule has 5 nitrogen and oxygen atoms in total. The molecule has 2 aromatic rings. The fraction of sp³-hybridized carbons (Fsp3) is 0.424. The Labute approximate surface area is 240 Å². The van der Waals surface area contributed by atoms with Gasteiger partial charge in [-0.05, 0) is 112 Å². The second kappa shape index (κ2) is 14.8. The Morgan fingerprint density at radius 3 is 1.73 bits per heavy atom. The van der Waals surface area contributed by atoms with Crippen molar-refractivity contribution in [2.75, 3.05) is 0 Å². The van der Waals surface area contributed by atoms with Crippen LogP contribution >= 0.6 is 0 Å². The molecule has 0 amide bonds. The molecule has 0 aliphatic rings. The summed E-state index contributed by atoms with van der Waals surface area (Å²) in [5, 5.41) is 0. The van der Waals surface area contributed by atoms with Crippen molar-refractivity contribution in [3.8, 4) is 11.5 Å². The summed E-state index contributed by atoms with van der Waals surface area (Å²) >= 11 is 0. The van der Waals surface area contributed by atoms with E-state index < -0.39 is 23.9 Å². The van der Waals surface area contributed by atoms with Gasteiger partial charge in [-0.15, -0.1) is 0 Å². The zero-order chi connectivity index (χ0) is 30.9. The molecule has 2 rings (SSSR count). The number of benzene rings is 2. The lowest BCUT2D eigenvalue weighted by atomic mass is 9.88. The summed E-state index contributed by atoms with van der Waals surface area (Å²) in [5.41, 5.74) is 5.23. The van der Waals surface area contributed by atoms with Gasteiger partial charge in [0.05, 0.1) is 0 Å². The fourth-order valence-corrected chi connectivity index (χ4v) is 4.41. The van der Waals surface area contributed by atoms with Crippen LogP contribution in [0.4, 0.5) is 13.2 Å². The molecule has 0 fully saturated rings. The van der Waals surface area contributed by atoms with E-state index in [2.05, 4.69) is 18.6 Å². The van der Waals surface area contributed by atoms with E-state index in [0.29, 0.717) is 11.3 Å². The van der Waals surface area contributed by atoms with Crippen molar-refractivity contribution >= 4 is 17.7 Å². The quantitative estimate of drug-likeness (QED) is 0.0836. The normalized spacial score (nSPS) is 13.5. The number of esters is 2. The summed E-state index contributed by atoms with van der Waals surface area (Å²) in [4.78, 5) is 36.0. The molecule has 0 spiro atoms. The smallest absolute Gasteiger partial charge is 0.421 e. The molecule has 0 aromatic heterocycles. The minimum Gasteiger partial charge on any atom is -0.421 e. The minimum atomic E-state index is -5.04. The van der Waals surface area contributed by atoms with Crippen molar-refractivity contribution in [2.24, 2.45) is 0 Å². The molecule has 222 valence electrons. The molecule has 0 bridgehead atoms. The second-order valence-corrected chi connectivity index (χ2v) is 10.6.